The Labute approximate surface area is 166 Å². The maximum Gasteiger partial charge on any atom is 0.274 e. The van der Waals surface area contributed by atoms with Crippen LogP contribution in [-0.2, 0) is 0 Å². The Bertz CT molecular complexity index is 1130. The molecule has 1 N–H and O–H groups in total. The van der Waals surface area contributed by atoms with E-state index < -0.39 is 0 Å². The van der Waals surface area contributed by atoms with Crippen molar-refractivity contribution in [1.29, 1.82) is 0 Å². The molecule has 0 spiro atoms. The molecule has 1 amide bonds. The first-order valence-electron chi connectivity index (χ1n) is 9.13. The molecule has 2 aromatic carbocycles. The SMILES string of the molecule is Cc1c(C(=O)NC(C)c2ccn(-c3ccccc3)n2)nnn1-c1ccc(F)cc1. The molecule has 0 aliphatic carbocycles. The van der Waals surface area contributed by atoms with E-state index in [-0.39, 0.29) is 23.5 Å². The summed E-state index contributed by atoms with van der Waals surface area (Å²) in [7, 11) is 0. The minimum Gasteiger partial charge on any atom is -0.342 e. The minimum atomic E-state index is -0.349. The quantitative estimate of drug-likeness (QED) is 0.567. The lowest BCUT2D eigenvalue weighted by atomic mass is 10.2. The Balaban J connectivity index is 1.50. The number of nitrogens with one attached hydrogen (secondary N) is 1. The number of para-hydroxylation sites is 1. The standard InChI is InChI=1S/C21H19FN6O/c1-14(19-12-13-27(25-19)17-6-4-3-5-7-17)23-21(29)20-15(2)28(26-24-20)18-10-8-16(22)9-11-18/h3-14H,1-2H3,(H,23,29). The van der Waals surface area contributed by atoms with E-state index in [2.05, 4.69) is 20.7 Å². The highest BCUT2D eigenvalue weighted by Gasteiger charge is 2.20. The van der Waals surface area contributed by atoms with Gasteiger partial charge in [-0.05, 0) is 56.3 Å². The Morgan fingerprint density at radius 3 is 2.48 bits per heavy atom. The van der Waals surface area contributed by atoms with Crippen molar-refractivity contribution in [2.45, 2.75) is 19.9 Å². The van der Waals surface area contributed by atoms with Crippen molar-refractivity contribution in [1.82, 2.24) is 30.1 Å². The average molecular weight is 390 g/mol. The van der Waals surface area contributed by atoms with Crippen LogP contribution in [0.25, 0.3) is 11.4 Å². The van der Waals surface area contributed by atoms with Crippen LogP contribution in [0.5, 0.6) is 0 Å². The highest BCUT2D eigenvalue weighted by Crippen LogP contribution is 2.16. The van der Waals surface area contributed by atoms with Crippen LogP contribution >= 0.6 is 0 Å². The summed E-state index contributed by atoms with van der Waals surface area (Å²) in [6.45, 7) is 3.60. The van der Waals surface area contributed by atoms with E-state index >= 15 is 0 Å². The molecule has 7 nitrogen and oxygen atoms in total. The number of aromatic nitrogens is 5. The van der Waals surface area contributed by atoms with Crippen LogP contribution in [0.15, 0.2) is 66.9 Å². The molecule has 0 radical (unpaired) electrons. The number of carbonyl (C=O) groups excluding carboxylic acids is 1. The van der Waals surface area contributed by atoms with Crippen molar-refractivity contribution >= 4 is 5.91 Å². The van der Waals surface area contributed by atoms with Crippen LogP contribution < -0.4 is 5.32 Å². The lowest BCUT2D eigenvalue weighted by Gasteiger charge is -2.11. The predicted octanol–water partition coefficient (Wildman–Crippen LogP) is 3.39. The van der Waals surface area contributed by atoms with Crippen LogP contribution in [0.2, 0.25) is 0 Å². The van der Waals surface area contributed by atoms with Gasteiger partial charge in [0, 0.05) is 6.20 Å². The van der Waals surface area contributed by atoms with Gasteiger partial charge in [-0.25, -0.2) is 13.8 Å². The summed E-state index contributed by atoms with van der Waals surface area (Å²) in [5.74, 6) is -0.689. The summed E-state index contributed by atoms with van der Waals surface area (Å²) in [5, 5.41) is 15.5. The summed E-state index contributed by atoms with van der Waals surface area (Å²) in [6, 6.07) is 17.1. The maximum absolute atomic E-state index is 13.1. The Morgan fingerprint density at radius 1 is 1.03 bits per heavy atom. The van der Waals surface area contributed by atoms with Crippen molar-refractivity contribution in [2.24, 2.45) is 0 Å². The molecule has 146 valence electrons. The highest BCUT2D eigenvalue weighted by molar-refractivity contribution is 5.93. The van der Waals surface area contributed by atoms with E-state index in [0.717, 1.165) is 11.4 Å². The summed E-state index contributed by atoms with van der Waals surface area (Å²) >= 11 is 0. The first-order chi connectivity index (χ1) is 14.0. The number of hydrogen-bond acceptors (Lipinski definition) is 4. The molecule has 8 heteroatoms. The van der Waals surface area contributed by atoms with Crippen molar-refractivity contribution < 1.29 is 9.18 Å². The zero-order chi connectivity index (χ0) is 20.4. The number of hydrogen-bond donors (Lipinski definition) is 1. The van der Waals surface area contributed by atoms with Crippen LogP contribution in [0.1, 0.15) is 34.8 Å². The summed E-state index contributed by atoms with van der Waals surface area (Å²) in [4.78, 5) is 12.7. The predicted molar refractivity (Wildman–Crippen MR) is 105 cm³/mol. The van der Waals surface area contributed by atoms with Gasteiger partial charge in [0.25, 0.3) is 5.91 Å². The van der Waals surface area contributed by atoms with Gasteiger partial charge in [-0.3, -0.25) is 4.79 Å². The van der Waals surface area contributed by atoms with Crippen LogP contribution in [0, 0.1) is 12.7 Å². The maximum atomic E-state index is 13.1. The average Bonchev–Trinajstić information content (AvgIpc) is 3.37. The number of carbonyl (C=O) groups is 1. The molecule has 0 aliphatic rings. The Kier molecular flexibility index (Phi) is 4.90. The second kappa shape index (κ2) is 7.67. The monoisotopic (exact) mass is 390 g/mol. The van der Waals surface area contributed by atoms with Gasteiger partial charge in [-0.15, -0.1) is 5.10 Å². The molecule has 4 aromatic rings. The third-order valence-corrected chi connectivity index (χ3v) is 4.60. The molecule has 0 saturated carbocycles. The number of nitrogens with zero attached hydrogens (tertiary/aromatic N) is 5. The van der Waals surface area contributed by atoms with Crippen molar-refractivity contribution in [3.63, 3.8) is 0 Å². The van der Waals surface area contributed by atoms with E-state index in [4.69, 9.17) is 0 Å². The molecule has 2 aromatic heterocycles. The number of benzene rings is 2. The van der Waals surface area contributed by atoms with Gasteiger partial charge in [0.1, 0.15) is 5.82 Å². The van der Waals surface area contributed by atoms with E-state index in [9.17, 15) is 9.18 Å². The largest absolute Gasteiger partial charge is 0.342 e. The number of amides is 1. The fraction of sp³-hybridized carbons (Fsp3) is 0.143. The fourth-order valence-corrected chi connectivity index (χ4v) is 3.00. The van der Waals surface area contributed by atoms with E-state index in [1.807, 2.05) is 49.5 Å². The topological polar surface area (TPSA) is 77.6 Å². The van der Waals surface area contributed by atoms with E-state index in [0.29, 0.717) is 11.4 Å². The van der Waals surface area contributed by atoms with Gasteiger partial charge in [0.05, 0.1) is 28.8 Å². The molecule has 0 saturated heterocycles. The van der Waals surface area contributed by atoms with Crippen LogP contribution in [-0.4, -0.2) is 30.7 Å². The van der Waals surface area contributed by atoms with Gasteiger partial charge in [-0.1, -0.05) is 23.4 Å². The molecule has 2 heterocycles. The van der Waals surface area contributed by atoms with Crippen LogP contribution in [0.3, 0.4) is 0 Å². The van der Waals surface area contributed by atoms with Gasteiger partial charge in [0.2, 0.25) is 0 Å². The molecule has 0 bridgehead atoms. The lowest BCUT2D eigenvalue weighted by molar-refractivity contribution is 0.0933. The summed E-state index contributed by atoms with van der Waals surface area (Å²) < 4.78 is 16.4. The normalized spacial score (nSPS) is 12.0. The summed E-state index contributed by atoms with van der Waals surface area (Å²) in [5.41, 5.74) is 3.08. The Morgan fingerprint density at radius 2 is 1.76 bits per heavy atom. The zero-order valence-corrected chi connectivity index (χ0v) is 16.0. The molecule has 4 rings (SSSR count). The second-order valence-electron chi connectivity index (χ2n) is 6.63. The number of halogens is 1. The molecule has 29 heavy (non-hydrogen) atoms. The Hall–Kier alpha value is -3.81. The van der Waals surface area contributed by atoms with Crippen molar-refractivity contribution in [2.75, 3.05) is 0 Å². The van der Waals surface area contributed by atoms with Crippen LogP contribution in [0.4, 0.5) is 4.39 Å². The highest BCUT2D eigenvalue weighted by atomic mass is 19.1. The van der Waals surface area contributed by atoms with Gasteiger partial charge < -0.3 is 5.32 Å². The van der Waals surface area contributed by atoms with E-state index in [1.54, 1.807) is 23.7 Å². The van der Waals surface area contributed by atoms with Gasteiger partial charge in [0.15, 0.2) is 5.69 Å². The van der Waals surface area contributed by atoms with Gasteiger partial charge in [-0.2, -0.15) is 5.10 Å². The van der Waals surface area contributed by atoms with E-state index in [1.165, 1.54) is 16.8 Å². The molecular formula is C21H19FN6O. The molecule has 0 fully saturated rings. The van der Waals surface area contributed by atoms with Crippen molar-refractivity contribution in [3.8, 4) is 11.4 Å². The molecule has 1 unspecified atom stereocenters. The summed E-state index contributed by atoms with van der Waals surface area (Å²) in [6.07, 6.45) is 1.85. The second-order valence-corrected chi connectivity index (χ2v) is 6.63. The van der Waals surface area contributed by atoms with Gasteiger partial charge >= 0.3 is 0 Å². The third-order valence-electron chi connectivity index (χ3n) is 4.60. The third kappa shape index (κ3) is 3.77. The molecular weight excluding hydrogens is 371 g/mol. The molecule has 1 atom stereocenters. The van der Waals surface area contributed by atoms with Crippen molar-refractivity contribution in [3.05, 3.63) is 89.8 Å². The number of rotatable bonds is 5. The smallest absolute Gasteiger partial charge is 0.274 e. The molecule has 0 aliphatic heterocycles. The first kappa shape index (κ1) is 18.5. The lowest BCUT2D eigenvalue weighted by Crippen LogP contribution is -2.28. The minimum absolute atomic E-state index is 0.212. The zero-order valence-electron chi connectivity index (χ0n) is 16.0. The first-order valence-corrected chi connectivity index (χ1v) is 9.13. The fourth-order valence-electron chi connectivity index (χ4n) is 3.00.